The fourth-order valence-electron chi connectivity index (χ4n) is 3.28. The largest absolute Gasteiger partial charge is 0.469 e. The van der Waals surface area contributed by atoms with Crippen LogP contribution < -0.4 is 0 Å². The maximum atomic E-state index is 11.6. The Morgan fingerprint density at radius 3 is 2.57 bits per heavy atom. The highest BCUT2D eigenvalue weighted by atomic mass is 79.9. The third-order valence-electron chi connectivity index (χ3n) is 4.65. The van der Waals surface area contributed by atoms with Crippen molar-refractivity contribution in [1.82, 2.24) is 4.98 Å². The van der Waals surface area contributed by atoms with Gasteiger partial charge in [-0.2, -0.15) is 0 Å². The Balaban J connectivity index is 2.11. The van der Waals surface area contributed by atoms with E-state index in [1.807, 2.05) is 19.1 Å². The van der Waals surface area contributed by atoms with Crippen LogP contribution in [0, 0.1) is 11.8 Å². The van der Waals surface area contributed by atoms with Gasteiger partial charge in [0.15, 0.2) is 0 Å². The maximum Gasteiger partial charge on any atom is 0.308 e. The van der Waals surface area contributed by atoms with Gasteiger partial charge in [-0.05, 0) is 66.1 Å². The molecule has 2 rings (SSSR count). The molecule has 116 valence electrons. The van der Waals surface area contributed by atoms with Gasteiger partial charge in [0.1, 0.15) is 5.60 Å². The quantitative estimate of drug-likeness (QED) is 0.840. The first-order valence-corrected chi connectivity index (χ1v) is 8.22. The number of esters is 1. The lowest BCUT2D eigenvalue weighted by atomic mass is 9.71. The maximum absolute atomic E-state index is 11.6. The number of rotatable bonds is 4. The number of halogens is 1. The van der Waals surface area contributed by atoms with Crippen LogP contribution >= 0.6 is 15.9 Å². The van der Waals surface area contributed by atoms with Crippen LogP contribution in [0.3, 0.4) is 0 Å². The van der Waals surface area contributed by atoms with E-state index in [1.165, 1.54) is 7.11 Å². The number of aliphatic hydroxyl groups is 1. The van der Waals surface area contributed by atoms with Crippen LogP contribution in [0.4, 0.5) is 0 Å². The van der Waals surface area contributed by atoms with E-state index >= 15 is 0 Å². The Bertz CT molecular complexity index is 483. The molecule has 5 heteroatoms. The van der Waals surface area contributed by atoms with Crippen molar-refractivity contribution in [2.45, 2.75) is 44.6 Å². The minimum atomic E-state index is -0.915. The molecule has 1 atom stereocenters. The Hall–Kier alpha value is -0.940. The lowest BCUT2D eigenvalue weighted by molar-refractivity contribution is -0.148. The zero-order chi connectivity index (χ0) is 15.5. The monoisotopic (exact) mass is 355 g/mol. The fourth-order valence-corrected chi connectivity index (χ4v) is 3.52. The predicted octanol–water partition coefficient (Wildman–Crippen LogP) is 3.42. The first-order chi connectivity index (χ1) is 10.0. The second-order valence-corrected chi connectivity index (χ2v) is 6.63. The van der Waals surface area contributed by atoms with Crippen LogP contribution in [0.2, 0.25) is 0 Å². The van der Waals surface area contributed by atoms with E-state index in [1.54, 1.807) is 6.20 Å². The van der Waals surface area contributed by atoms with Crippen LogP contribution in [0.1, 0.15) is 44.7 Å². The number of carbonyl (C=O) groups excluding carboxylic acids is 1. The molecule has 1 saturated carbocycles. The Kier molecular flexibility index (Phi) is 5.38. The molecule has 1 aliphatic rings. The molecule has 1 aromatic rings. The molecule has 0 aromatic carbocycles. The summed E-state index contributed by atoms with van der Waals surface area (Å²) in [5.41, 5.74) is -0.198. The van der Waals surface area contributed by atoms with E-state index in [9.17, 15) is 9.90 Å². The van der Waals surface area contributed by atoms with Gasteiger partial charge in [-0.25, -0.2) is 0 Å². The molecule has 0 spiro atoms. The molecule has 1 unspecified atom stereocenters. The van der Waals surface area contributed by atoms with Gasteiger partial charge < -0.3 is 9.84 Å². The summed E-state index contributed by atoms with van der Waals surface area (Å²) in [7, 11) is 1.43. The minimum Gasteiger partial charge on any atom is -0.469 e. The number of hydrogen-bond donors (Lipinski definition) is 1. The summed E-state index contributed by atoms with van der Waals surface area (Å²) in [5, 5.41) is 11.1. The molecule has 21 heavy (non-hydrogen) atoms. The van der Waals surface area contributed by atoms with Gasteiger partial charge in [-0.3, -0.25) is 9.78 Å². The van der Waals surface area contributed by atoms with Crippen molar-refractivity contribution < 1.29 is 14.6 Å². The molecule has 0 saturated heterocycles. The topological polar surface area (TPSA) is 59.4 Å². The normalized spacial score (nSPS) is 25.1. The predicted molar refractivity (Wildman–Crippen MR) is 83.6 cm³/mol. The van der Waals surface area contributed by atoms with Gasteiger partial charge in [0, 0.05) is 10.7 Å². The number of pyridine rings is 1. The van der Waals surface area contributed by atoms with E-state index in [0.717, 1.165) is 35.8 Å². The molecule has 4 nitrogen and oxygen atoms in total. The number of carbonyl (C=O) groups is 1. The summed E-state index contributed by atoms with van der Waals surface area (Å²) in [6.45, 7) is 1.98. The first kappa shape index (κ1) is 16.4. The summed E-state index contributed by atoms with van der Waals surface area (Å²) in [4.78, 5) is 16.0. The van der Waals surface area contributed by atoms with Gasteiger partial charge in [0.25, 0.3) is 0 Å². The van der Waals surface area contributed by atoms with Crippen molar-refractivity contribution in [2.75, 3.05) is 7.11 Å². The Morgan fingerprint density at radius 2 is 2.10 bits per heavy atom. The number of aromatic nitrogens is 1. The summed E-state index contributed by atoms with van der Waals surface area (Å²) >= 11 is 3.37. The van der Waals surface area contributed by atoms with Gasteiger partial charge in [0.05, 0.1) is 18.7 Å². The molecular formula is C16H22BrNO3. The average molecular weight is 356 g/mol. The summed E-state index contributed by atoms with van der Waals surface area (Å²) in [6, 6.07) is 3.78. The van der Waals surface area contributed by atoms with Crippen molar-refractivity contribution in [3.05, 3.63) is 28.5 Å². The van der Waals surface area contributed by atoms with Gasteiger partial charge in [-0.1, -0.05) is 6.92 Å². The van der Waals surface area contributed by atoms with Gasteiger partial charge >= 0.3 is 5.97 Å². The van der Waals surface area contributed by atoms with Crippen molar-refractivity contribution in [3.63, 3.8) is 0 Å². The zero-order valence-electron chi connectivity index (χ0n) is 12.5. The first-order valence-electron chi connectivity index (χ1n) is 7.43. The number of methoxy groups -OCH3 is 1. The van der Waals surface area contributed by atoms with Crippen LogP contribution in [-0.2, 0) is 15.1 Å². The van der Waals surface area contributed by atoms with Crippen LogP contribution in [0.15, 0.2) is 22.8 Å². The molecular weight excluding hydrogens is 334 g/mol. The molecule has 1 aromatic heterocycles. The minimum absolute atomic E-state index is 0.0229. The van der Waals surface area contributed by atoms with Crippen LogP contribution in [0.25, 0.3) is 0 Å². The number of hydrogen-bond acceptors (Lipinski definition) is 4. The van der Waals surface area contributed by atoms with Crippen molar-refractivity contribution in [2.24, 2.45) is 11.8 Å². The fraction of sp³-hybridized carbons (Fsp3) is 0.625. The lowest BCUT2D eigenvalue weighted by Crippen LogP contribution is -2.38. The van der Waals surface area contributed by atoms with Crippen molar-refractivity contribution in [1.29, 1.82) is 0 Å². The average Bonchev–Trinajstić information content (AvgIpc) is 2.54. The summed E-state index contributed by atoms with van der Waals surface area (Å²) < 4.78 is 5.72. The van der Waals surface area contributed by atoms with Gasteiger partial charge in [0.2, 0.25) is 0 Å². The Labute approximate surface area is 134 Å². The molecule has 1 fully saturated rings. The highest BCUT2D eigenvalue weighted by Gasteiger charge is 2.41. The second kappa shape index (κ2) is 6.88. The molecule has 1 N–H and O–H groups in total. The van der Waals surface area contributed by atoms with E-state index in [0.29, 0.717) is 6.42 Å². The highest BCUT2D eigenvalue weighted by molar-refractivity contribution is 9.10. The third kappa shape index (κ3) is 3.46. The second-order valence-electron chi connectivity index (χ2n) is 5.71. The summed E-state index contributed by atoms with van der Waals surface area (Å²) in [5.74, 6) is -0.0161. The standard InChI is InChI=1S/C16H22BrNO3/c1-3-16(20,14-9-8-13(17)10-18-14)12-6-4-11(5-7-12)15(19)21-2/h8-12,20H,3-7H2,1-2H3. The third-order valence-corrected chi connectivity index (χ3v) is 5.12. The van der Waals surface area contributed by atoms with Crippen molar-refractivity contribution >= 4 is 21.9 Å². The van der Waals surface area contributed by atoms with E-state index in [-0.39, 0.29) is 17.8 Å². The van der Waals surface area contributed by atoms with E-state index in [2.05, 4.69) is 20.9 Å². The molecule has 0 bridgehead atoms. The molecule has 0 radical (unpaired) electrons. The zero-order valence-corrected chi connectivity index (χ0v) is 14.1. The molecule has 1 aliphatic carbocycles. The smallest absolute Gasteiger partial charge is 0.308 e. The summed E-state index contributed by atoms with van der Waals surface area (Å²) in [6.07, 6.45) is 5.53. The van der Waals surface area contributed by atoms with Gasteiger partial charge in [-0.15, -0.1) is 0 Å². The molecule has 1 heterocycles. The SMILES string of the molecule is CCC(O)(c1ccc(Br)cn1)C1CCC(C(=O)OC)CC1. The molecule has 0 amide bonds. The van der Waals surface area contributed by atoms with Crippen molar-refractivity contribution in [3.8, 4) is 0 Å². The molecule has 0 aliphatic heterocycles. The van der Waals surface area contributed by atoms with Crippen LogP contribution in [-0.4, -0.2) is 23.2 Å². The Morgan fingerprint density at radius 1 is 1.43 bits per heavy atom. The number of nitrogens with zero attached hydrogens (tertiary/aromatic N) is 1. The van der Waals surface area contributed by atoms with E-state index < -0.39 is 5.60 Å². The number of ether oxygens (including phenoxy) is 1. The lowest BCUT2D eigenvalue weighted by Gasteiger charge is -2.39. The highest BCUT2D eigenvalue weighted by Crippen LogP contribution is 2.42. The van der Waals surface area contributed by atoms with Crippen LogP contribution in [0.5, 0.6) is 0 Å². The van der Waals surface area contributed by atoms with E-state index in [4.69, 9.17) is 4.74 Å².